The molecule has 15 heavy (non-hydrogen) atoms. The standard InChI is InChI=1S/C12H15F2N/c1-8-2-3-10(13)9(11(8)14)6-12(7-15)4-5-12/h2-3H,4-7,15H2,1H3. The SMILES string of the molecule is Cc1ccc(F)c(CC2(CN)CC2)c1F. The predicted molar refractivity (Wildman–Crippen MR) is 55.5 cm³/mol. The maximum absolute atomic E-state index is 13.7. The van der Waals surface area contributed by atoms with Crippen molar-refractivity contribution in [1.29, 1.82) is 0 Å². The molecule has 82 valence electrons. The average Bonchev–Trinajstić information content (AvgIpc) is 3.00. The number of hydrogen-bond acceptors (Lipinski definition) is 1. The fourth-order valence-corrected chi connectivity index (χ4v) is 1.88. The van der Waals surface area contributed by atoms with Gasteiger partial charge in [-0.25, -0.2) is 8.78 Å². The molecule has 0 unspecified atom stereocenters. The Morgan fingerprint density at radius 1 is 1.33 bits per heavy atom. The average molecular weight is 211 g/mol. The molecule has 0 atom stereocenters. The van der Waals surface area contributed by atoms with E-state index in [0.29, 0.717) is 18.5 Å². The summed E-state index contributed by atoms with van der Waals surface area (Å²) in [6.07, 6.45) is 2.40. The number of hydrogen-bond donors (Lipinski definition) is 1. The van der Waals surface area contributed by atoms with Crippen molar-refractivity contribution in [3.05, 3.63) is 34.9 Å². The van der Waals surface area contributed by atoms with Crippen LogP contribution in [0.2, 0.25) is 0 Å². The largest absolute Gasteiger partial charge is 0.330 e. The van der Waals surface area contributed by atoms with Crippen molar-refractivity contribution in [2.24, 2.45) is 11.1 Å². The number of aryl methyl sites for hydroxylation is 1. The highest BCUT2D eigenvalue weighted by molar-refractivity contribution is 5.28. The molecular formula is C12H15F2N. The molecule has 0 amide bonds. The smallest absolute Gasteiger partial charge is 0.132 e. The maximum atomic E-state index is 13.7. The van der Waals surface area contributed by atoms with Gasteiger partial charge in [0.1, 0.15) is 11.6 Å². The van der Waals surface area contributed by atoms with Crippen LogP contribution in [0.25, 0.3) is 0 Å². The highest BCUT2D eigenvalue weighted by Gasteiger charge is 2.42. The molecule has 1 aromatic carbocycles. The van der Waals surface area contributed by atoms with Gasteiger partial charge < -0.3 is 5.73 Å². The van der Waals surface area contributed by atoms with Crippen LogP contribution in [0.3, 0.4) is 0 Å². The van der Waals surface area contributed by atoms with Crippen LogP contribution in [-0.4, -0.2) is 6.54 Å². The molecule has 1 aliphatic carbocycles. The van der Waals surface area contributed by atoms with Crippen molar-refractivity contribution in [2.45, 2.75) is 26.2 Å². The summed E-state index contributed by atoms with van der Waals surface area (Å²) in [6, 6.07) is 2.80. The molecule has 1 aromatic rings. The van der Waals surface area contributed by atoms with Gasteiger partial charge >= 0.3 is 0 Å². The molecule has 3 heteroatoms. The molecule has 0 spiro atoms. The highest BCUT2D eigenvalue weighted by atomic mass is 19.1. The van der Waals surface area contributed by atoms with Crippen molar-refractivity contribution >= 4 is 0 Å². The summed E-state index contributed by atoms with van der Waals surface area (Å²) >= 11 is 0. The predicted octanol–water partition coefficient (Wildman–Crippen LogP) is 2.55. The fraction of sp³-hybridized carbons (Fsp3) is 0.500. The molecule has 0 aliphatic heterocycles. The summed E-state index contributed by atoms with van der Waals surface area (Å²) in [7, 11) is 0. The zero-order valence-corrected chi connectivity index (χ0v) is 8.82. The van der Waals surface area contributed by atoms with Gasteiger partial charge in [-0.1, -0.05) is 6.07 Å². The van der Waals surface area contributed by atoms with Crippen molar-refractivity contribution in [1.82, 2.24) is 0 Å². The van der Waals surface area contributed by atoms with E-state index >= 15 is 0 Å². The first-order valence-electron chi connectivity index (χ1n) is 5.21. The quantitative estimate of drug-likeness (QED) is 0.817. The number of nitrogens with two attached hydrogens (primary N) is 1. The van der Waals surface area contributed by atoms with Crippen LogP contribution in [0, 0.1) is 24.0 Å². The van der Waals surface area contributed by atoms with Crippen molar-refractivity contribution in [3.8, 4) is 0 Å². The normalized spacial score (nSPS) is 17.9. The minimum absolute atomic E-state index is 0.0323. The lowest BCUT2D eigenvalue weighted by Crippen LogP contribution is -2.19. The van der Waals surface area contributed by atoms with Gasteiger partial charge in [0.25, 0.3) is 0 Å². The minimum atomic E-state index is -0.446. The van der Waals surface area contributed by atoms with E-state index in [1.54, 1.807) is 6.92 Å². The first-order valence-corrected chi connectivity index (χ1v) is 5.21. The van der Waals surface area contributed by atoms with Gasteiger partial charge in [0.15, 0.2) is 0 Å². The van der Waals surface area contributed by atoms with Gasteiger partial charge in [-0.15, -0.1) is 0 Å². The molecule has 0 heterocycles. The summed E-state index contributed by atoms with van der Waals surface area (Å²) in [5.74, 6) is -0.854. The van der Waals surface area contributed by atoms with Gasteiger partial charge in [-0.3, -0.25) is 0 Å². The van der Waals surface area contributed by atoms with Gasteiger partial charge in [-0.2, -0.15) is 0 Å². The van der Waals surface area contributed by atoms with Crippen LogP contribution in [0.1, 0.15) is 24.0 Å². The third-order valence-corrected chi connectivity index (χ3v) is 3.32. The van der Waals surface area contributed by atoms with Gasteiger partial charge in [0.05, 0.1) is 0 Å². The second-order valence-corrected chi connectivity index (χ2v) is 4.54. The monoisotopic (exact) mass is 211 g/mol. The number of benzene rings is 1. The molecule has 0 aromatic heterocycles. The zero-order chi connectivity index (χ0) is 11.1. The minimum Gasteiger partial charge on any atom is -0.330 e. The molecule has 1 aliphatic rings. The summed E-state index contributed by atoms with van der Waals surface area (Å²) in [5.41, 5.74) is 6.28. The Labute approximate surface area is 88.3 Å². The Morgan fingerprint density at radius 3 is 2.53 bits per heavy atom. The van der Waals surface area contributed by atoms with Crippen LogP contribution >= 0.6 is 0 Å². The Bertz CT molecular complexity index is 383. The van der Waals surface area contributed by atoms with E-state index in [2.05, 4.69) is 0 Å². The topological polar surface area (TPSA) is 26.0 Å². The Hall–Kier alpha value is -0.960. The molecule has 1 fully saturated rings. The summed E-state index contributed by atoms with van der Waals surface area (Å²) < 4.78 is 27.1. The van der Waals surface area contributed by atoms with Gasteiger partial charge in [-0.05, 0) is 49.8 Å². The molecule has 1 saturated carbocycles. The van der Waals surface area contributed by atoms with E-state index < -0.39 is 11.6 Å². The number of halogens is 2. The van der Waals surface area contributed by atoms with Gasteiger partial charge in [0.2, 0.25) is 0 Å². The van der Waals surface area contributed by atoms with Crippen molar-refractivity contribution in [3.63, 3.8) is 0 Å². The molecule has 2 rings (SSSR count). The van der Waals surface area contributed by atoms with E-state index in [-0.39, 0.29) is 11.0 Å². The van der Waals surface area contributed by atoms with Crippen molar-refractivity contribution in [2.75, 3.05) is 6.54 Å². The lowest BCUT2D eigenvalue weighted by Gasteiger charge is -2.14. The Kier molecular flexibility index (Phi) is 2.51. The van der Waals surface area contributed by atoms with E-state index in [4.69, 9.17) is 5.73 Å². The second kappa shape index (κ2) is 3.56. The van der Waals surface area contributed by atoms with E-state index in [1.165, 1.54) is 12.1 Å². The lowest BCUT2D eigenvalue weighted by molar-refractivity contribution is 0.472. The van der Waals surface area contributed by atoms with Crippen LogP contribution in [0.4, 0.5) is 8.78 Å². The molecule has 0 saturated heterocycles. The van der Waals surface area contributed by atoms with Crippen LogP contribution in [0.15, 0.2) is 12.1 Å². The zero-order valence-electron chi connectivity index (χ0n) is 8.82. The summed E-state index contributed by atoms with van der Waals surface area (Å²) in [4.78, 5) is 0. The first-order chi connectivity index (χ1) is 7.08. The lowest BCUT2D eigenvalue weighted by atomic mass is 9.95. The third-order valence-electron chi connectivity index (χ3n) is 3.32. The number of rotatable bonds is 3. The molecule has 1 nitrogen and oxygen atoms in total. The summed E-state index contributed by atoms with van der Waals surface area (Å²) in [5, 5.41) is 0. The molecule has 2 N–H and O–H groups in total. The second-order valence-electron chi connectivity index (χ2n) is 4.54. The van der Waals surface area contributed by atoms with E-state index in [0.717, 1.165) is 12.8 Å². The molecular weight excluding hydrogens is 196 g/mol. The Balaban J connectivity index is 2.31. The van der Waals surface area contributed by atoms with E-state index in [9.17, 15) is 8.78 Å². The fourth-order valence-electron chi connectivity index (χ4n) is 1.88. The summed E-state index contributed by atoms with van der Waals surface area (Å²) in [6.45, 7) is 2.17. The van der Waals surface area contributed by atoms with E-state index in [1.807, 2.05) is 0 Å². The molecule has 0 bridgehead atoms. The van der Waals surface area contributed by atoms with Crippen molar-refractivity contribution < 1.29 is 8.78 Å². The van der Waals surface area contributed by atoms with Crippen LogP contribution < -0.4 is 5.73 Å². The molecule has 0 radical (unpaired) electrons. The van der Waals surface area contributed by atoms with Crippen LogP contribution in [0.5, 0.6) is 0 Å². The first kappa shape index (κ1) is 10.6. The maximum Gasteiger partial charge on any atom is 0.132 e. The van der Waals surface area contributed by atoms with Crippen LogP contribution in [-0.2, 0) is 6.42 Å². The third kappa shape index (κ3) is 1.88. The highest BCUT2D eigenvalue weighted by Crippen LogP contribution is 2.48. The van der Waals surface area contributed by atoms with Gasteiger partial charge in [0, 0.05) is 5.56 Å². The Morgan fingerprint density at radius 2 is 2.00 bits per heavy atom.